The van der Waals surface area contributed by atoms with Crippen molar-refractivity contribution in [3.63, 3.8) is 0 Å². The molecule has 0 unspecified atom stereocenters. The molecule has 0 saturated carbocycles. The Morgan fingerprint density at radius 3 is 2.33 bits per heavy atom. The van der Waals surface area contributed by atoms with Gasteiger partial charge in [-0.1, -0.05) is 6.92 Å². The molecule has 1 nitrogen and oxygen atoms in total. The fourth-order valence-corrected chi connectivity index (χ4v) is 0.0913. The zero-order valence-corrected chi connectivity index (χ0v) is 4.23. The van der Waals surface area contributed by atoms with Gasteiger partial charge in [-0.25, -0.2) is 0 Å². The fourth-order valence-electron chi connectivity index (χ4n) is 0.0913. The summed E-state index contributed by atoms with van der Waals surface area (Å²) in [5.74, 6) is 0. The average molecular weight is 80.9 g/mol. The molecule has 0 aromatic heterocycles. The molecule has 0 N–H and O–H groups in total. The minimum absolute atomic E-state index is 0.955. The Labute approximate surface area is 39.9 Å². The van der Waals surface area contributed by atoms with Crippen molar-refractivity contribution in [2.24, 2.45) is 4.90 Å². The fraction of sp³-hybridized carbons (Fsp3) is 0.750. The molecule has 2 radical (unpaired) electrons. The zero-order chi connectivity index (χ0) is 4.99. The van der Waals surface area contributed by atoms with Crippen LogP contribution in [0.1, 0.15) is 20.3 Å². The van der Waals surface area contributed by atoms with Crippen LogP contribution in [0, 0.1) is 0 Å². The van der Waals surface area contributed by atoms with Crippen LogP contribution in [0.25, 0.3) is 0 Å². The maximum absolute atomic E-state index is 4.87. The molecular weight excluding hydrogens is 72.9 g/mol. The van der Waals surface area contributed by atoms with Gasteiger partial charge in [0.05, 0.1) is 0 Å². The van der Waals surface area contributed by atoms with Crippen LogP contribution in [-0.4, -0.2) is 13.7 Å². The van der Waals surface area contributed by atoms with Crippen molar-refractivity contribution < 1.29 is 0 Å². The summed E-state index contributed by atoms with van der Waals surface area (Å²) in [7, 11) is 4.87. The van der Waals surface area contributed by atoms with Crippen LogP contribution < -0.4 is 0 Å². The highest BCUT2D eigenvalue weighted by Gasteiger charge is 1.74. The van der Waals surface area contributed by atoms with Gasteiger partial charge in [-0.15, -0.1) is 0 Å². The van der Waals surface area contributed by atoms with Gasteiger partial charge >= 0.3 is 0 Å². The van der Waals surface area contributed by atoms with Crippen LogP contribution >= 0.6 is 0 Å². The van der Waals surface area contributed by atoms with E-state index in [0.29, 0.717) is 0 Å². The maximum Gasteiger partial charge on any atom is 0.259 e. The molecule has 0 aromatic carbocycles. The summed E-state index contributed by atoms with van der Waals surface area (Å²) in [5.41, 5.74) is 0.995. The Morgan fingerprint density at radius 2 is 2.33 bits per heavy atom. The number of nitrogens with zero attached hydrogens (tertiary/aromatic N) is 1. The lowest BCUT2D eigenvalue weighted by Gasteiger charge is -1.84. The van der Waals surface area contributed by atoms with Gasteiger partial charge in [-0.05, 0) is 19.1 Å². The number of hydrogen-bond donors (Lipinski definition) is 0. The van der Waals surface area contributed by atoms with Crippen molar-refractivity contribution in [2.45, 2.75) is 20.3 Å². The van der Waals surface area contributed by atoms with Crippen molar-refractivity contribution >= 4 is 13.7 Å². The van der Waals surface area contributed by atoms with E-state index < -0.39 is 0 Å². The molecule has 2 heteroatoms. The van der Waals surface area contributed by atoms with E-state index in [1.165, 1.54) is 0 Å². The van der Waals surface area contributed by atoms with Gasteiger partial charge in [-0.2, -0.15) is 0 Å². The zero-order valence-electron chi connectivity index (χ0n) is 4.23. The molecule has 32 valence electrons. The van der Waals surface area contributed by atoms with Crippen molar-refractivity contribution in [3.05, 3.63) is 0 Å². The third-order valence-corrected chi connectivity index (χ3v) is 0.732. The molecule has 0 rings (SSSR count). The molecule has 0 spiro atoms. The second kappa shape index (κ2) is 2.95. The summed E-state index contributed by atoms with van der Waals surface area (Å²) in [4.78, 5) is 3.42. The standard InChI is InChI=1S/C4H8BN/c1-3-4(2)6-5/h3H2,1-2H3. The van der Waals surface area contributed by atoms with Gasteiger partial charge in [0.2, 0.25) is 0 Å². The molecule has 0 atom stereocenters. The average Bonchev–Trinajstić information content (AvgIpc) is 1.65. The molecule has 0 fully saturated rings. The first-order valence-electron chi connectivity index (χ1n) is 2.04. The molecule has 0 bridgehead atoms. The van der Waals surface area contributed by atoms with Gasteiger partial charge in [0.25, 0.3) is 7.98 Å². The Balaban J connectivity index is 3.22. The van der Waals surface area contributed by atoms with E-state index in [2.05, 4.69) is 4.90 Å². The van der Waals surface area contributed by atoms with Crippen LogP contribution in [0.15, 0.2) is 4.90 Å². The van der Waals surface area contributed by atoms with Crippen molar-refractivity contribution in [1.82, 2.24) is 0 Å². The predicted octanol–water partition coefficient (Wildman–Crippen LogP) is 0.941. The largest absolute Gasteiger partial charge is 0.365 e. The van der Waals surface area contributed by atoms with Crippen molar-refractivity contribution in [1.29, 1.82) is 0 Å². The van der Waals surface area contributed by atoms with Crippen LogP contribution in [0.3, 0.4) is 0 Å². The third kappa shape index (κ3) is 2.00. The van der Waals surface area contributed by atoms with Gasteiger partial charge in [0.1, 0.15) is 0 Å². The Hall–Kier alpha value is -0.265. The Bertz CT molecular complexity index is 58.6. The highest BCUT2D eigenvalue weighted by atomic mass is 14.6. The normalized spacial score (nSPS) is 12.0. The van der Waals surface area contributed by atoms with Gasteiger partial charge in [-0.3, -0.25) is 0 Å². The van der Waals surface area contributed by atoms with Gasteiger partial charge in [0.15, 0.2) is 0 Å². The molecule has 0 heterocycles. The molecule has 0 saturated heterocycles. The monoisotopic (exact) mass is 81.1 g/mol. The lowest BCUT2D eigenvalue weighted by molar-refractivity contribution is 1.27. The summed E-state index contributed by atoms with van der Waals surface area (Å²) in [6.07, 6.45) is 0.955. The van der Waals surface area contributed by atoms with E-state index in [0.717, 1.165) is 12.1 Å². The van der Waals surface area contributed by atoms with E-state index in [1.807, 2.05) is 13.8 Å². The topological polar surface area (TPSA) is 12.4 Å². The molecule has 0 amide bonds. The molecule has 0 aliphatic heterocycles. The summed E-state index contributed by atoms with van der Waals surface area (Å²) in [6, 6.07) is 0. The summed E-state index contributed by atoms with van der Waals surface area (Å²) in [6.45, 7) is 3.92. The lowest BCUT2D eigenvalue weighted by atomic mass is 10.3. The van der Waals surface area contributed by atoms with Crippen molar-refractivity contribution in [3.8, 4) is 0 Å². The van der Waals surface area contributed by atoms with Crippen LogP contribution in [-0.2, 0) is 0 Å². The molecule has 6 heavy (non-hydrogen) atoms. The lowest BCUT2D eigenvalue weighted by Crippen LogP contribution is -1.84. The van der Waals surface area contributed by atoms with Crippen LogP contribution in [0.2, 0.25) is 0 Å². The third-order valence-electron chi connectivity index (χ3n) is 0.732. The number of rotatable bonds is 1. The first-order chi connectivity index (χ1) is 2.81. The van der Waals surface area contributed by atoms with Crippen LogP contribution in [0.4, 0.5) is 0 Å². The van der Waals surface area contributed by atoms with E-state index >= 15 is 0 Å². The van der Waals surface area contributed by atoms with E-state index in [9.17, 15) is 0 Å². The predicted molar refractivity (Wildman–Crippen MR) is 29.2 cm³/mol. The summed E-state index contributed by atoms with van der Waals surface area (Å²) >= 11 is 0. The molecule has 0 aromatic rings. The Kier molecular flexibility index (Phi) is 2.82. The minimum atomic E-state index is 0.955. The Morgan fingerprint density at radius 1 is 1.83 bits per heavy atom. The second-order valence-corrected chi connectivity index (χ2v) is 1.22. The second-order valence-electron chi connectivity index (χ2n) is 1.22. The molecule has 0 aliphatic rings. The maximum atomic E-state index is 4.87. The highest BCUT2D eigenvalue weighted by molar-refractivity contribution is 6.12. The van der Waals surface area contributed by atoms with Crippen molar-refractivity contribution in [2.75, 3.05) is 0 Å². The molecular formula is C4H8BN. The minimum Gasteiger partial charge on any atom is -0.365 e. The van der Waals surface area contributed by atoms with E-state index in [1.54, 1.807) is 0 Å². The molecule has 0 aliphatic carbocycles. The smallest absolute Gasteiger partial charge is 0.259 e. The quantitative estimate of drug-likeness (QED) is 0.329. The van der Waals surface area contributed by atoms with Gasteiger partial charge in [0, 0.05) is 0 Å². The van der Waals surface area contributed by atoms with E-state index in [-0.39, 0.29) is 0 Å². The highest BCUT2D eigenvalue weighted by Crippen LogP contribution is 1.77. The van der Waals surface area contributed by atoms with Gasteiger partial charge < -0.3 is 4.90 Å². The van der Waals surface area contributed by atoms with E-state index in [4.69, 9.17) is 7.98 Å². The SMILES string of the molecule is [B]N=C(C)CC. The number of hydrogen-bond acceptors (Lipinski definition) is 1. The summed E-state index contributed by atoms with van der Waals surface area (Å²) < 4.78 is 0. The first-order valence-corrected chi connectivity index (χ1v) is 2.04. The summed E-state index contributed by atoms with van der Waals surface area (Å²) in [5, 5.41) is 0. The first kappa shape index (κ1) is 5.73. The van der Waals surface area contributed by atoms with Crippen LogP contribution in [0.5, 0.6) is 0 Å².